The molecule has 1 saturated heterocycles. The number of nitrogens with two attached hydrogens (primary N) is 1. The van der Waals surface area contributed by atoms with Crippen LogP contribution in [-0.2, 0) is 16.1 Å². The summed E-state index contributed by atoms with van der Waals surface area (Å²) in [5.41, 5.74) is 6.84. The molecule has 4 amide bonds. The number of benzene rings is 1. The Morgan fingerprint density at radius 3 is 2.63 bits per heavy atom. The van der Waals surface area contributed by atoms with E-state index in [1.54, 1.807) is 18.2 Å². The van der Waals surface area contributed by atoms with E-state index < -0.39 is 29.7 Å². The van der Waals surface area contributed by atoms with E-state index in [-0.39, 0.29) is 36.5 Å². The topological polar surface area (TPSA) is 142 Å². The minimum absolute atomic E-state index is 0.0123. The molecule has 2 unspecified atom stereocenters. The van der Waals surface area contributed by atoms with E-state index >= 15 is 0 Å². The number of piperidine rings is 1. The van der Waals surface area contributed by atoms with Crippen LogP contribution in [0, 0.1) is 5.92 Å². The highest BCUT2D eigenvalue weighted by atomic mass is 16.3. The highest BCUT2D eigenvalue weighted by Crippen LogP contribution is 2.28. The van der Waals surface area contributed by atoms with Gasteiger partial charge in [-0.05, 0) is 30.7 Å². The Labute approximate surface area is 155 Å². The summed E-state index contributed by atoms with van der Waals surface area (Å²) in [4.78, 5) is 49.6. The number of fused-ring (bicyclic) bond motifs is 1. The normalized spacial score (nSPS) is 20.7. The third-order valence-corrected chi connectivity index (χ3v) is 4.86. The van der Waals surface area contributed by atoms with Gasteiger partial charge in [0.15, 0.2) is 0 Å². The van der Waals surface area contributed by atoms with Gasteiger partial charge in [0, 0.05) is 32.0 Å². The zero-order valence-electron chi connectivity index (χ0n) is 14.7. The molecule has 0 aliphatic carbocycles. The van der Waals surface area contributed by atoms with E-state index in [1.807, 2.05) is 0 Å². The van der Waals surface area contributed by atoms with Gasteiger partial charge in [0.05, 0.1) is 11.1 Å². The van der Waals surface area contributed by atoms with Crippen molar-refractivity contribution in [2.75, 3.05) is 19.7 Å². The Morgan fingerprint density at radius 1 is 1.22 bits per heavy atom. The van der Waals surface area contributed by atoms with Crippen LogP contribution in [0.25, 0.3) is 0 Å². The van der Waals surface area contributed by atoms with Crippen LogP contribution < -0.4 is 16.4 Å². The molecular formula is C18H22N4O5. The third kappa shape index (κ3) is 3.75. The fraction of sp³-hybridized carbons (Fsp3) is 0.444. The molecule has 144 valence electrons. The molecule has 0 radical (unpaired) electrons. The van der Waals surface area contributed by atoms with Crippen LogP contribution in [-0.4, -0.2) is 59.4 Å². The molecular weight excluding hydrogens is 352 g/mol. The maximum atomic E-state index is 12.7. The van der Waals surface area contributed by atoms with E-state index in [0.717, 1.165) is 10.5 Å². The second kappa shape index (κ2) is 7.95. The second-order valence-corrected chi connectivity index (χ2v) is 6.74. The Morgan fingerprint density at radius 2 is 1.96 bits per heavy atom. The van der Waals surface area contributed by atoms with E-state index in [4.69, 9.17) is 10.8 Å². The van der Waals surface area contributed by atoms with Gasteiger partial charge in [-0.15, -0.1) is 0 Å². The molecule has 0 bridgehead atoms. The first-order valence-corrected chi connectivity index (χ1v) is 8.82. The first kappa shape index (κ1) is 19.2. The summed E-state index contributed by atoms with van der Waals surface area (Å²) in [7, 11) is 0. The lowest BCUT2D eigenvalue weighted by molar-refractivity contribution is -0.136. The summed E-state index contributed by atoms with van der Waals surface area (Å²) >= 11 is 0. The van der Waals surface area contributed by atoms with Crippen LogP contribution in [0.1, 0.15) is 39.1 Å². The number of carbonyl (C=O) groups excluding carboxylic acids is 4. The van der Waals surface area contributed by atoms with Crippen molar-refractivity contribution in [3.63, 3.8) is 0 Å². The van der Waals surface area contributed by atoms with Crippen molar-refractivity contribution in [1.29, 1.82) is 0 Å². The molecule has 3 rings (SSSR count). The molecule has 1 aromatic carbocycles. The monoisotopic (exact) mass is 374 g/mol. The first-order valence-electron chi connectivity index (χ1n) is 8.82. The largest absolute Gasteiger partial charge is 0.396 e. The van der Waals surface area contributed by atoms with Crippen molar-refractivity contribution >= 4 is 23.6 Å². The Kier molecular flexibility index (Phi) is 5.64. The third-order valence-electron chi connectivity index (χ3n) is 4.86. The summed E-state index contributed by atoms with van der Waals surface area (Å²) in [6.45, 7) is 1.33. The van der Waals surface area contributed by atoms with Gasteiger partial charge in [0.1, 0.15) is 6.04 Å². The number of hydrogen-bond acceptors (Lipinski definition) is 7. The van der Waals surface area contributed by atoms with Crippen LogP contribution >= 0.6 is 0 Å². The predicted molar refractivity (Wildman–Crippen MR) is 94.5 cm³/mol. The molecule has 1 fully saturated rings. The van der Waals surface area contributed by atoms with Gasteiger partial charge in [0.25, 0.3) is 11.8 Å². The lowest BCUT2D eigenvalue weighted by Crippen LogP contribution is -2.54. The number of nitrogens with one attached hydrogen (secondary N) is 2. The van der Waals surface area contributed by atoms with Gasteiger partial charge in [-0.2, -0.15) is 0 Å². The van der Waals surface area contributed by atoms with Crippen molar-refractivity contribution in [3.05, 3.63) is 34.9 Å². The highest BCUT2D eigenvalue weighted by molar-refractivity contribution is 6.23. The molecule has 2 atom stereocenters. The average Bonchev–Trinajstić information content (AvgIpc) is 2.90. The average molecular weight is 374 g/mol. The Balaban J connectivity index is 1.73. The SMILES string of the molecule is NCC(CO)CNCc1ccc2c(c1)C(=O)N(C1CCC(=O)NC1=O)C2=O. The fourth-order valence-corrected chi connectivity index (χ4v) is 3.27. The molecule has 0 aromatic heterocycles. The maximum absolute atomic E-state index is 12.7. The smallest absolute Gasteiger partial charge is 0.262 e. The lowest BCUT2D eigenvalue weighted by atomic mass is 10.0. The zero-order valence-corrected chi connectivity index (χ0v) is 14.7. The molecule has 5 N–H and O–H groups in total. The van der Waals surface area contributed by atoms with Crippen molar-refractivity contribution in [2.45, 2.75) is 25.4 Å². The molecule has 9 heteroatoms. The van der Waals surface area contributed by atoms with Gasteiger partial charge in [0.2, 0.25) is 11.8 Å². The van der Waals surface area contributed by atoms with Gasteiger partial charge in [-0.1, -0.05) is 6.07 Å². The Hall–Kier alpha value is -2.62. The van der Waals surface area contributed by atoms with Crippen molar-refractivity contribution in [3.8, 4) is 0 Å². The summed E-state index contributed by atoms with van der Waals surface area (Å²) in [5, 5.41) is 14.5. The molecule has 2 aliphatic heterocycles. The maximum Gasteiger partial charge on any atom is 0.262 e. The minimum Gasteiger partial charge on any atom is -0.396 e. The standard InChI is InChI=1S/C18H22N4O5/c19-6-11(9-23)8-20-7-10-1-2-12-13(5-10)18(27)22(17(12)26)14-3-4-15(24)21-16(14)25/h1-2,5,11,14,20,23H,3-4,6-9,19H2,(H,21,24,25). The fourth-order valence-electron chi connectivity index (χ4n) is 3.27. The van der Waals surface area contributed by atoms with Gasteiger partial charge in [-0.25, -0.2) is 0 Å². The zero-order chi connectivity index (χ0) is 19.6. The number of amides is 4. The van der Waals surface area contributed by atoms with Crippen molar-refractivity contribution in [2.24, 2.45) is 11.7 Å². The summed E-state index contributed by atoms with van der Waals surface area (Å²) in [6.07, 6.45) is 0.221. The molecule has 9 nitrogen and oxygen atoms in total. The van der Waals surface area contributed by atoms with Crippen LogP contribution in [0.4, 0.5) is 0 Å². The highest BCUT2D eigenvalue weighted by Gasteiger charge is 2.44. The number of hydrogen-bond donors (Lipinski definition) is 4. The summed E-state index contributed by atoms with van der Waals surface area (Å²) < 4.78 is 0. The number of imide groups is 2. The first-order chi connectivity index (χ1) is 13.0. The number of carbonyl (C=O) groups is 4. The lowest BCUT2D eigenvalue weighted by Gasteiger charge is -2.27. The van der Waals surface area contributed by atoms with Gasteiger partial charge >= 0.3 is 0 Å². The molecule has 1 aromatic rings. The van der Waals surface area contributed by atoms with Crippen LogP contribution in [0.15, 0.2) is 18.2 Å². The summed E-state index contributed by atoms with van der Waals surface area (Å²) in [5.74, 6) is -2.13. The predicted octanol–water partition coefficient (Wildman–Crippen LogP) is -1.26. The molecule has 2 heterocycles. The van der Waals surface area contributed by atoms with Crippen LogP contribution in [0.5, 0.6) is 0 Å². The molecule has 2 aliphatic rings. The van der Waals surface area contributed by atoms with Crippen LogP contribution in [0.3, 0.4) is 0 Å². The van der Waals surface area contributed by atoms with Crippen LogP contribution in [0.2, 0.25) is 0 Å². The second-order valence-electron chi connectivity index (χ2n) is 6.74. The Bertz CT molecular complexity index is 790. The number of rotatable bonds is 7. The van der Waals surface area contributed by atoms with E-state index in [1.165, 1.54) is 0 Å². The molecule has 0 saturated carbocycles. The van der Waals surface area contributed by atoms with Gasteiger partial charge < -0.3 is 16.2 Å². The van der Waals surface area contributed by atoms with E-state index in [2.05, 4.69) is 10.6 Å². The van der Waals surface area contributed by atoms with E-state index in [9.17, 15) is 19.2 Å². The van der Waals surface area contributed by atoms with Crippen molar-refractivity contribution in [1.82, 2.24) is 15.5 Å². The molecule has 0 spiro atoms. The quantitative estimate of drug-likeness (QED) is 0.437. The van der Waals surface area contributed by atoms with Gasteiger partial charge in [-0.3, -0.25) is 29.4 Å². The number of aliphatic hydroxyl groups excluding tert-OH is 1. The van der Waals surface area contributed by atoms with Crippen molar-refractivity contribution < 1.29 is 24.3 Å². The summed E-state index contributed by atoms with van der Waals surface area (Å²) in [6, 6.07) is 3.98. The number of aliphatic hydroxyl groups is 1. The minimum atomic E-state index is -0.966. The number of nitrogens with zero attached hydrogens (tertiary/aromatic N) is 1. The molecule has 27 heavy (non-hydrogen) atoms. The van der Waals surface area contributed by atoms with E-state index in [0.29, 0.717) is 19.6 Å².